The highest BCUT2D eigenvalue weighted by molar-refractivity contribution is 8.10. The van der Waals surface area contributed by atoms with Gasteiger partial charge in [0.2, 0.25) is 0 Å². The van der Waals surface area contributed by atoms with Crippen molar-refractivity contribution < 1.29 is 32.2 Å². The van der Waals surface area contributed by atoms with Crippen LogP contribution in [-0.2, 0) is 26.5 Å². The van der Waals surface area contributed by atoms with E-state index < -0.39 is 41.3 Å². The predicted octanol–water partition coefficient (Wildman–Crippen LogP) is 4.82. The van der Waals surface area contributed by atoms with Gasteiger partial charge < -0.3 is 15.3 Å². The van der Waals surface area contributed by atoms with Gasteiger partial charge in [0.05, 0.1) is 15.5 Å². The number of aryl methyl sites for hydroxylation is 2. The van der Waals surface area contributed by atoms with E-state index in [0.717, 1.165) is 61.9 Å². The van der Waals surface area contributed by atoms with E-state index in [9.17, 15) is 32.2 Å². The molecule has 0 aromatic heterocycles. The number of anilines is 1. The molecule has 0 aliphatic rings. The summed E-state index contributed by atoms with van der Waals surface area (Å²) in [5.74, 6) is -1.55. The molecule has 0 aliphatic heterocycles. The molecule has 0 radical (unpaired) electrons. The highest BCUT2D eigenvalue weighted by Crippen LogP contribution is 2.35. The molecular weight excluding hydrogens is 490 g/mol. The minimum Gasteiger partial charge on any atom is -0.508 e. The lowest BCUT2D eigenvalue weighted by Crippen LogP contribution is -2.37. The second kappa shape index (κ2) is 10.6. The van der Waals surface area contributed by atoms with E-state index >= 15 is 0 Å². The van der Waals surface area contributed by atoms with E-state index in [1.54, 1.807) is 19.1 Å². The summed E-state index contributed by atoms with van der Waals surface area (Å²) in [6.07, 6.45) is 5.02. The van der Waals surface area contributed by atoms with Gasteiger partial charge in [-0.1, -0.05) is 44.4 Å². The van der Waals surface area contributed by atoms with Crippen LogP contribution in [0.25, 0.3) is 0 Å². The molecule has 35 heavy (non-hydrogen) atoms. The van der Waals surface area contributed by atoms with Crippen molar-refractivity contribution >= 4 is 25.7 Å². The average Bonchev–Trinajstić information content (AvgIpc) is 2.81. The van der Waals surface area contributed by atoms with Crippen LogP contribution < -0.4 is 3.71 Å². The van der Waals surface area contributed by atoms with Crippen LogP contribution in [0.2, 0.25) is 0 Å². The number of nitrogens with zero attached hydrogens (tertiary/aromatic N) is 1. The number of hydrogen-bond acceptors (Lipinski definition) is 7. The van der Waals surface area contributed by atoms with Gasteiger partial charge >= 0.3 is 0 Å². The maximum atomic E-state index is 13.6. The maximum absolute atomic E-state index is 13.6. The average molecular weight is 520 g/mol. The maximum Gasteiger partial charge on any atom is 0.277 e. The Labute approximate surface area is 206 Å². The fourth-order valence-corrected chi connectivity index (χ4v) is 7.28. The van der Waals surface area contributed by atoms with Crippen LogP contribution in [0.4, 0.5) is 5.69 Å². The Balaban J connectivity index is 2.12. The molecule has 0 aliphatic carbocycles. The molecule has 0 saturated heterocycles. The number of hydrogen-bond donors (Lipinski definition) is 3. The number of aromatic hydroxyl groups is 3. The Morgan fingerprint density at radius 2 is 1.26 bits per heavy atom. The lowest BCUT2D eigenvalue weighted by molar-refractivity contribution is 0.402. The molecule has 3 rings (SSSR count). The summed E-state index contributed by atoms with van der Waals surface area (Å²) in [6.45, 7) is 3.70. The molecule has 0 bridgehead atoms. The van der Waals surface area contributed by atoms with Crippen molar-refractivity contribution in [3.63, 3.8) is 0 Å². The topological polar surface area (TPSA) is 132 Å². The van der Waals surface area contributed by atoms with Crippen LogP contribution in [0.15, 0.2) is 70.5 Å². The van der Waals surface area contributed by atoms with Crippen LogP contribution in [0.5, 0.6) is 17.2 Å². The van der Waals surface area contributed by atoms with Gasteiger partial charge in [-0.2, -0.15) is 3.71 Å². The molecule has 3 aromatic carbocycles. The van der Waals surface area contributed by atoms with Crippen molar-refractivity contribution in [2.45, 2.75) is 55.7 Å². The van der Waals surface area contributed by atoms with Crippen molar-refractivity contribution in [2.24, 2.45) is 0 Å². The van der Waals surface area contributed by atoms with Gasteiger partial charge in [0.1, 0.15) is 5.75 Å². The number of rotatable bonds is 10. The normalized spacial score (nSPS) is 11.9. The summed E-state index contributed by atoms with van der Waals surface area (Å²) in [4.78, 5) is -0.952. The first-order valence-electron chi connectivity index (χ1n) is 11.2. The van der Waals surface area contributed by atoms with E-state index in [2.05, 4.69) is 6.92 Å². The molecule has 0 heterocycles. The van der Waals surface area contributed by atoms with Crippen molar-refractivity contribution in [1.29, 1.82) is 0 Å². The fourth-order valence-electron chi connectivity index (χ4n) is 3.55. The standard InChI is InChI=1S/C25H29NO7S2/c1-3-4-5-6-7-19-9-11-20(12-10-19)26(34(30,31)21-13-8-18(2)24(28)16-21)35(32,33)22-14-15-23(27)25(29)17-22/h8-17,27-29H,3-7H2,1-2H3. The monoisotopic (exact) mass is 519 g/mol. The summed E-state index contributed by atoms with van der Waals surface area (Å²) in [6, 6.07) is 12.5. The molecule has 0 fully saturated rings. The van der Waals surface area contributed by atoms with Crippen LogP contribution in [0.1, 0.15) is 43.7 Å². The Hall–Kier alpha value is -3.24. The summed E-state index contributed by atoms with van der Waals surface area (Å²) in [5, 5.41) is 29.5. The Morgan fingerprint density at radius 3 is 1.80 bits per heavy atom. The zero-order valence-electron chi connectivity index (χ0n) is 19.5. The number of benzene rings is 3. The summed E-state index contributed by atoms with van der Waals surface area (Å²) in [7, 11) is -9.48. The van der Waals surface area contributed by atoms with Gasteiger partial charge in [-0.15, -0.1) is 0 Å². The van der Waals surface area contributed by atoms with Crippen LogP contribution >= 0.6 is 0 Å². The predicted molar refractivity (Wildman–Crippen MR) is 134 cm³/mol. The second-order valence-corrected chi connectivity index (χ2v) is 12.1. The second-order valence-electron chi connectivity index (χ2n) is 8.28. The van der Waals surface area contributed by atoms with Crippen LogP contribution in [-0.4, -0.2) is 32.2 Å². The Kier molecular flexibility index (Phi) is 7.97. The van der Waals surface area contributed by atoms with Gasteiger partial charge in [-0.25, -0.2) is 16.8 Å². The summed E-state index contributed by atoms with van der Waals surface area (Å²) >= 11 is 0. The zero-order chi connectivity index (χ0) is 25.8. The molecule has 0 unspecified atom stereocenters. The fraction of sp³-hybridized carbons (Fsp3) is 0.280. The van der Waals surface area contributed by atoms with Crippen molar-refractivity contribution in [2.75, 3.05) is 3.71 Å². The largest absolute Gasteiger partial charge is 0.508 e. The lowest BCUT2D eigenvalue weighted by atomic mass is 10.1. The van der Waals surface area contributed by atoms with E-state index in [1.165, 1.54) is 24.3 Å². The van der Waals surface area contributed by atoms with Crippen molar-refractivity contribution in [1.82, 2.24) is 0 Å². The first-order valence-corrected chi connectivity index (χ1v) is 14.1. The first-order chi connectivity index (χ1) is 16.5. The van der Waals surface area contributed by atoms with Gasteiger partial charge in [0, 0.05) is 12.1 Å². The highest BCUT2D eigenvalue weighted by atomic mass is 32.3. The smallest absolute Gasteiger partial charge is 0.277 e. The van der Waals surface area contributed by atoms with E-state index in [0.29, 0.717) is 5.56 Å². The quantitative estimate of drug-likeness (QED) is 0.258. The third kappa shape index (κ3) is 5.71. The Bertz CT molecular complexity index is 1320. The summed E-state index contributed by atoms with van der Waals surface area (Å²) < 4.78 is 54.7. The number of sulfonamides is 2. The van der Waals surface area contributed by atoms with E-state index in [1.807, 2.05) is 0 Å². The van der Waals surface area contributed by atoms with E-state index in [4.69, 9.17) is 0 Å². The van der Waals surface area contributed by atoms with Crippen molar-refractivity contribution in [3.8, 4) is 17.2 Å². The molecule has 188 valence electrons. The van der Waals surface area contributed by atoms with Crippen LogP contribution in [0, 0.1) is 6.92 Å². The zero-order valence-corrected chi connectivity index (χ0v) is 21.2. The molecule has 0 saturated carbocycles. The Morgan fingerprint density at radius 1 is 0.686 bits per heavy atom. The van der Waals surface area contributed by atoms with Gasteiger partial charge in [0.15, 0.2) is 11.5 Å². The van der Waals surface area contributed by atoms with Gasteiger partial charge in [-0.3, -0.25) is 0 Å². The number of unbranched alkanes of at least 4 members (excludes halogenated alkanes) is 3. The lowest BCUT2D eigenvalue weighted by Gasteiger charge is -2.24. The van der Waals surface area contributed by atoms with Crippen molar-refractivity contribution in [3.05, 3.63) is 71.8 Å². The summed E-state index contributed by atoms with van der Waals surface area (Å²) in [5.41, 5.74) is 1.24. The third-order valence-electron chi connectivity index (χ3n) is 5.63. The minimum atomic E-state index is -4.77. The highest BCUT2D eigenvalue weighted by Gasteiger charge is 2.37. The number of phenols is 3. The molecular formula is C25H29NO7S2. The molecule has 0 amide bonds. The van der Waals surface area contributed by atoms with Crippen LogP contribution in [0.3, 0.4) is 0 Å². The molecule has 3 aromatic rings. The first kappa shape index (κ1) is 26.4. The molecule has 10 heteroatoms. The van der Waals surface area contributed by atoms with E-state index in [-0.39, 0.29) is 15.1 Å². The third-order valence-corrected chi connectivity index (χ3v) is 9.80. The number of phenolic OH excluding ortho intramolecular Hbond substituents is 3. The molecule has 0 atom stereocenters. The molecule has 3 N–H and O–H groups in total. The molecule has 0 spiro atoms. The van der Waals surface area contributed by atoms with Gasteiger partial charge in [0.25, 0.3) is 20.0 Å². The SMILES string of the molecule is CCCCCCc1ccc(N(S(=O)(=O)c2ccc(C)c(O)c2)S(=O)(=O)c2ccc(O)c(O)c2)cc1. The minimum absolute atomic E-state index is 0.130. The molecule has 8 nitrogen and oxygen atoms in total. The van der Waals surface area contributed by atoms with Gasteiger partial charge in [-0.05, 0) is 61.2 Å².